The van der Waals surface area contributed by atoms with E-state index in [2.05, 4.69) is 5.32 Å². The van der Waals surface area contributed by atoms with Gasteiger partial charge in [0, 0.05) is 31.6 Å². The minimum atomic E-state index is -4.34. The summed E-state index contributed by atoms with van der Waals surface area (Å²) in [6.45, 7) is 3.21. The van der Waals surface area contributed by atoms with E-state index < -0.39 is 11.7 Å². The molecule has 0 spiro atoms. The van der Waals surface area contributed by atoms with Gasteiger partial charge in [-0.05, 0) is 44.0 Å². The predicted octanol–water partition coefficient (Wildman–Crippen LogP) is 3.49. The fourth-order valence-electron chi connectivity index (χ4n) is 3.48. The fraction of sp³-hybridized carbons (Fsp3) is 0.647. The summed E-state index contributed by atoms with van der Waals surface area (Å²) in [6, 6.07) is 5.21. The molecule has 128 valence electrons. The second-order valence-electron chi connectivity index (χ2n) is 6.31. The third kappa shape index (κ3) is 4.18. The van der Waals surface area contributed by atoms with E-state index in [1.165, 1.54) is 6.07 Å². The standard InChI is InChI=1S/C17H22F3NO2/c18-17(19,20)14-2-1-3-15(10-14)23-16(13-4-7-21-11-13)12-5-8-22-9-6-12/h1-3,10,12-13,16,21H,4-9,11H2/t13-,16-/m0/s1. The normalized spacial score (nSPS) is 24.6. The average Bonchev–Trinajstić information content (AvgIpc) is 3.07. The molecular weight excluding hydrogens is 307 g/mol. The van der Waals surface area contributed by atoms with Crippen LogP contribution in [0.1, 0.15) is 24.8 Å². The lowest BCUT2D eigenvalue weighted by Crippen LogP contribution is -2.39. The van der Waals surface area contributed by atoms with Crippen molar-refractivity contribution in [2.45, 2.75) is 31.5 Å². The molecule has 0 aromatic heterocycles. The van der Waals surface area contributed by atoms with Gasteiger partial charge in [-0.1, -0.05) is 6.07 Å². The molecule has 0 bridgehead atoms. The molecule has 1 N–H and O–H groups in total. The Hall–Kier alpha value is -1.27. The number of hydrogen-bond acceptors (Lipinski definition) is 3. The van der Waals surface area contributed by atoms with Gasteiger partial charge in [-0.25, -0.2) is 0 Å². The van der Waals surface area contributed by atoms with Gasteiger partial charge < -0.3 is 14.8 Å². The van der Waals surface area contributed by atoms with Crippen molar-refractivity contribution in [3.63, 3.8) is 0 Å². The van der Waals surface area contributed by atoms with Gasteiger partial charge in [0.25, 0.3) is 0 Å². The summed E-state index contributed by atoms with van der Waals surface area (Å²) < 4.78 is 50.1. The van der Waals surface area contributed by atoms with Crippen LogP contribution < -0.4 is 10.1 Å². The third-order valence-electron chi connectivity index (χ3n) is 4.73. The van der Waals surface area contributed by atoms with E-state index in [0.29, 0.717) is 30.8 Å². The van der Waals surface area contributed by atoms with Crippen LogP contribution in [0.4, 0.5) is 13.2 Å². The molecule has 2 saturated heterocycles. The summed E-state index contributed by atoms with van der Waals surface area (Å²) in [4.78, 5) is 0. The van der Waals surface area contributed by atoms with Crippen molar-refractivity contribution >= 4 is 0 Å². The Balaban J connectivity index is 1.77. The maximum Gasteiger partial charge on any atom is 0.416 e. The molecule has 2 heterocycles. The quantitative estimate of drug-likeness (QED) is 0.917. The lowest BCUT2D eigenvalue weighted by Gasteiger charge is -2.34. The summed E-state index contributed by atoms with van der Waals surface area (Å²) in [7, 11) is 0. The van der Waals surface area contributed by atoms with Crippen LogP contribution in [-0.4, -0.2) is 32.4 Å². The van der Waals surface area contributed by atoms with Gasteiger partial charge in [-0.3, -0.25) is 0 Å². The first-order valence-electron chi connectivity index (χ1n) is 8.16. The Morgan fingerprint density at radius 3 is 2.57 bits per heavy atom. The maximum atomic E-state index is 12.9. The molecule has 2 fully saturated rings. The van der Waals surface area contributed by atoms with Crippen molar-refractivity contribution in [2.24, 2.45) is 11.8 Å². The van der Waals surface area contributed by atoms with Gasteiger partial charge in [0.05, 0.1) is 5.56 Å². The zero-order valence-corrected chi connectivity index (χ0v) is 12.9. The van der Waals surface area contributed by atoms with Crippen LogP contribution in [-0.2, 0) is 10.9 Å². The van der Waals surface area contributed by atoms with Gasteiger partial charge >= 0.3 is 6.18 Å². The first-order valence-corrected chi connectivity index (χ1v) is 8.16. The lowest BCUT2D eigenvalue weighted by molar-refractivity contribution is -0.137. The Morgan fingerprint density at radius 1 is 1.13 bits per heavy atom. The third-order valence-corrected chi connectivity index (χ3v) is 4.73. The SMILES string of the molecule is FC(F)(F)c1cccc(O[C@@H](C2CCOCC2)[C@H]2CCNC2)c1. The Kier molecular flexibility index (Phi) is 5.11. The molecule has 2 aliphatic heterocycles. The molecule has 0 unspecified atom stereocenters. The number of ether oxygens (including phenoxy) is 2. The molecule has 0 saturated carbocycles. The van der Waals surface area contributed by atoms with Gasteiger partial charge in [0.2, 0.25) is 0 Å². The van der Waals surface area contributed by atoms with E-state index in [1.54, 1.807) is 6.07 Å². The summed E-state index contributed by atoms with van der Waals surface area (Å²) in [5.74, 6) is 0.985. The second kappa shape index (κ2) is 7.09. The monoisotopic (exact) mass is 329 g/mol. The maximum absolute atomic E-state index is 12.9. The molecule has 3 rings (SSSR count). The zero-order valence-electron chi connectivity index (χ0n) is 12.9. The van der Waals surface area contributed by atoms with E-state index >= 15 is 0 Å². The minimum Gasteiger partial charge on any atom is -0.490 e. The van der Waals surface area contributed by atoms with Crippen LogP contribution in [0, 0.1) is 11.8 Å². The predicted molar refractivity (Wildman–Crippen MR) is 80.4 cm³/mol. The average molecular weight is 329 g/mol. The summed E-state index contributed by atoms with van der Waals surface area (Å²) in [5, 5.41) is 3.32. The largest absolute Gasteiger partial charge is 0.490 e. The molecule has 2 atom stereocenters. The molecule has 0 aliphatic carbocycles. The molecular formula is C17H22F3NO2. The van der Waals surface area contributed by atoms with Crippen molar-refractivity contribution in [2.75, 3.05) is 26.3 Å². The first kappa shape index (κ1) is 16.6. The highest BCUT2D eigenvalue weighted by Crippen LogP contribution is 2.34. The van der Waals surface area contributed by atoms with Crippen LogP contribution >= 0.6 is 0 Å². The number of halogens is 3. The van der Waals surface area contributed by atoms with E-state index in [-0.39, 0.29) is 6.10 Å². The molecule has 0 radical (unpaired) electrons. The molecule has 1 aromatic rings. The number of nitrogens with one attached hydrogen (secondary N) is 1. The number of alkyl halides is 3. The van der Waals surface area contributed by atoms with Gasteiger partial charge in [-0.15, -0.1) is 0 Å². The van der Waals surface area contributed by atoms with E-state index in [9.17, 15) is 13.2 Å². The van der Waals surface area contributed by atoms with Crippen LogP contribution in [0.5, 0.6) is 5.75 Å². The fourth-order valence-corrected chi connectivity index (χ4v) is 3.48. The number of rotatable bonds is 4. The molecule has 2 aliphatic rings. The van der Waals surface area contributed by atoms with Crippen LogP contribution in [0.15, 0.2) is 24.3 Å². The molecule has 23 heavy (non-hydrogen) atoms. The summed E-state index contributed by atoms with van der Waals surface area (Å²) in [5.41, 5.74) is -0.662. The van der Waals surface area contributed by atoms with Crippen molar-refractivity contribution in [1.82, 2.24) is 5.32 Å². The molecule has 0 amide bonds. The van der Waals surface area contributed by atoms with Crippen molar-refractivity contribution in [3.8, 4) is 5.75 Å². The second-order valence-corrected chi connectivity index (χ2v) is 6.31. The van der Waals surface area contributed by atoms with Gasteiger partial charge in [-0.2, -0.15) is 13.2 Å². The molecule has 3 nitrogen and oxygen atoms in total. The summed E-state index contributed by atoms with van der Waals surface area (Å²) >= 11 is 0. The van der Waals surface area contributed by atoms with Crippen molar-refractivity contribution in [3.05, 3.63) is 29.8 Å². The highest BCUT2D eigenvalue weighted by molar-refractivity contribution is 5.30. The first-order chi connectivity index (χ1) is 11.0. The summed E-state index contributed by atoms with van der Waals surface area (Å²) in [6.07, 6.45) is -1.60. The molecule has 6 heteroatoms. The lowest BCUT2D eigenvalue weighted by atomic mass is 9.85. The number of benzene rings is 1. The van der Waals surface area contributed by atoms with E-state index in [1.807, 2.05) is 0 Å². The zero-order chi connectivity index (χ0) is 16.3. The van der Waals surface area contributed by atoms with Crippen LogP contribution in [0.25, 0.3) is 0 Å². The van der Waals surface area contributed by atoms with Gasteiger partial charge in [0.1, 0.15) is 11.9 Å². The van der Waals surface area contributed by atoms with Gasteiger partial charge in [0.15, 0.2) is 0 Å². The molecule has 1 aromatic carbocycles. The minimum absolute atomic E-state index is 0.0580. The van der Waals surface area contributed by atoms with E-state index in [4.69, 9.17) is 9.47 Å². The van der Waals surface area contributed by atoms with Crippen LogP contribution in [0.3, 0.4) is 0 Å². The van der Waals surface area contributed by atoms with Crippen molar-refractivity contribution < 1.29 is 22.6 Å². The van der Waals surface area contributed by atoms with E-state index in [0.717, 1.165) is 44.5 Å². The van der Waals surface area contributed by atoms with Crippen LogP contribution in [0.2, 0.25) is 0 Å². The topological polar surface area (TPSA) is 30.5 Å². The highest BCUT2D eigenvalue weighted by atomic mass is 19.4. The Labute approximate surface area is 134 Å². The Morgan fingerprint density at radius 2 is 1.91 bits per heavy atom. The highest BCUT2D eigenvalue weighted by Gasteiger charge is 2.35. The Bertz CT molecular complexity index is 509. The van der Waals surface area contributed by atoms with Crippen molar-refractivity contribution in [1.29, 1.82) is 0 Å². The number of hydrogen-bond donors (Lipinski definition) is 1. The smallest absolute Gasteiger partial charge is 0.416 e.